The van der Waals surface area contributed by atoms with E-state index in [1.807, 2.05) is 0 Å². The van der Waals surface area contributed by atoms with E-state index in [1.54, 1.807) is 0 Å². The molecule has 4 aliphatic rings. The molecule has 8 rings (SSSR count). The van der Waals surface area contributed by atoms with Gasteiger partial charge in [0.2, 0.25) is 0 Å². The van der Waals surface area contributed by atoms with E-state index in [0.29, 0.717) is 23.7 Å². The molecule has 0 spiro atoms. The minimum Gasteiger partial charge on any atom is -0.343 e. The third-order valence-electron chi connectivity index (χ3n) is 10.8. The SMILES string of the molecule is CCC1OC(c2ccc(C3C(c4cc[n+](C)cc4)C(c4ccc(C5OC6CCC6O5)cc4)C3c3cc[n+](C)cc3)cc2)OC1C. The van der Waals surface area contributed by atoms with Gasteiger partial charge in [0.1, 0.15) is 14.1 Å². The molecule has 7 atom stereocenters. The van der Waals surface area contributed by atoms with E-state index in [0.717, 1.165) is 30.4 Å². The summed E-state index contributed by atoms with van der Waals surface area (Å²) in [6.07, 6.45) is 12.1. The Balaban J connectivity index is 1.16. The van der Waals surface area contributed by atoms with Crippen LogP contribution in [0.4, 0.5) is 0 Å². The van der Waals surface area contributed by atoms with Crippen LogP contribution in [0, 0.1) is 0 Å². The lowest BCUT2D eigenvalue weighted by molar-refractivity contribution is -0.671. The second kappa shape index (κ2) is 11.7. The summed E-state index contributed by atoms with van der Waals surface area (Å²) in [7, 11) is 4.17. The average molecular weight is 605 g/mol. The Morgan fingerprint density at radius 3 is 1.22 bits per heavy atom. The molecule has 4 fully saturated rings. The lowest BCUT2D eigenvalue weighted by Gasteiger charge is -2.53. The standard InChI is InChI=1S/C39H44N2O4/c1-5-31-24(2)42-38(43-31)29-10-6-25(7-11-29)34-36(27-16-20-40(3)21-17-27)35(37(34)28-18-22-41(4)23-19-28)26-8-12-30(13-9-26)39-44-32-14-15-33(32)45-39/h6-13,16-24,31-39H,5,14-15H2,1-4H3/q+2. The molecule has 0 radical (unpaired) electrons. The van der Waals surface area contributed by atoms with Crippen molar-refractivity contribution in [2.45, 2.75) is 93.8 Å². The first-order valence-corrected chi connectivity index (χ1v) is 16.7. The number of benzene rings is 2. The molecule has 0 amide bonds. The predicted molar refractivity (Wildman–Crippen MR) is 169 cm³/mol. The van der Waals surface area contributed by atoms with Crippen LogP contribution in [0.5, 0.6) is 0 Å². The van der Waals surface area contributed by atoms with E-state index in [4.69, 9.17) is 18.9 Å². The van der Waals surface area contributed by atoms with Crippen LogP contribution in [0.25, 0.3) is 0 Å². The first kappa shape index (κ1) is 29.0. The minimum atomic E-state index is -0.301. The van der Waals surface area contributed by atoms with Gasteiger partial charge in [-0.3, -0.25) is 0 Å². The molecule has 232 valence electrons. The Bertz CT molecular complexity index is 1560. The van der Waals surface area contributed by atoms with Crippen molar-refractivity contribution < 1.29 is 28.1 Å². The van der Waals surface area contributed by atoms with Crippen molar-refractivity contribution in [3.63, 3.8) is 0 Å². The fourth-order valence-corrected chi connectivity index (χ4v) is 8.05. The second-order valence-corrected chi connectivity index (χ2v) is 13.5. The van der Waals surface area contributed by atoms with Crippen molar-refractivity contribution >= 4 is 0 Å². The molecule has 2 aromatic heterocycles. The summed E-state index contributed by atoms with van der Waals surface area (Å²) in [5.74, 6) is 1.27. The molecule has 4 heterocycles. The molecular weight excluding hydrogens is 560 g/mol. The lowest BCUT2D eigenvalue weighted by atomic mass is 9.49. The van der Waals surface area contributed by atoms with E-state index in [9.17, 15) is 0 Å². The van der Waals surface area contributed by atoms with Crippen LogP contribution in [-0.4, -0.2) is 24.4 Å². The second-order valence-electron chi connectivity index (χ2n) is 13.5. The third-order valence-corrected chi connectivity index (χ3v) is 10.8. The van der Waals surface area contributed by atoms with Crippen LogP contribution in [0.2, 0.25) is 0 Å². The summed E-state index contributed by atoms with van der Waals surface area (Å²) in [6.45, 7) is 4.26. The molecule has 6 nitrogen and oxygen atoms in total. The Morgan fingerprint density at radius 2 is 0.867 bits per heavy atom. The smallest absolute Gasteiger partial charge is 0.184 e. The van der Waals surface area contributed by atoms with E-state index < -0.39 is 0 Å². The molecule has 6 heteroatoms. The molecule has 2 saturated carbocycles. The number of hydrogen-bond acceptors (Lipinski definition) is 4. The van der Waals surface area contributed by atoms with E-state index in [2.05, 4.69) is 135 Å². The number of ether oxygens (including phenoxy) is 4. The van der Waals surface area contributed by atoms with Gasteiger partial charge in [-0.05, 0) is 72.1 Å². The van der Waals surface area contributed by atoms with E-state index in [-0.39, 0.29) is 37.0 Å². The van der Waals surface area contributed by atoms with Gasteiger partial charge in [-0.2, -0.15) is 0 Å². The highest BCUT2D eigenvalue weighted by Gasteiger charge is 2.53. The summed E-state index contributed by atoms with van der Waals surface area (Å²) < 4.78 is 29.0. The van der Waals surface area contributed by atoms with Gasteiger partial charge in [0.15, 0.2) is 37.4 Å². The molecule has 2 aliphatic carbocycles. The largest absolute Gasteiger partial charge is 0.343 e. The summed E-state index contributed by atoms with van der Waals surface area (Å²) in [6, 6.07) is 27.3. The highest BCUT2D eigenvalue weighted by molar-refractivity contribution is 5.48. The zero-order valence-corrected chi connectivity index (χ0v) is 26.7. The number of aromatic nitrogens is 2. The van der Waals surface area contributed by atoms with Crippen molar-refractivity contribution in [1.29, 1.82) is 0 Å². The van der Waals surface area contributed by atoms with Crippen LogP contribution < -0.4 is 9.13 Å². The average Bonchev–Trinajstić information content (AvgIpc) is 3.57. The first-order valence-electron chi connectivity index (χ1n) is 16.7. The number of fused-ring (bicyclic) bond motifs is 1. The molecule has 2 saturated heterocycles. The number of hydrogen-bond donors (Lipinski definition) is 0. The number of rotatable bonds is 7. The van der Waals surface area contributed by atoms with Gasteiger partial charge in [0.25, 0.3) is 0 Å². The van der Waals surface area contributed by atoms with Crippen LogP contribution in [0.15, 0.2) is 97.6 Å². The Morgan fingerprint density at radius 1 is 0.511 bits per heavy atom. The minimum absolute atomic E-state index is 0.105. The van der Waals surface area contributed by atoms with Crippen LogP contribution >= 0.6 is 0 Å². The fraction of sp³-hybridized carbons (Fsp3) is 0.436. The molecule has 45 heavy (non-hydrogen) atoms. The van der Waals surface area contributed by atoms with Gasteiger partial charge < -0.3 is 18.9 Å². The monoisotopic (exact) mass is 604 g/mol. The zero-order chi connectivity index (χ0) is 30.7. The Hall–Kier alpha value is -3.42. The zero-order valence-electron chi connectivity index (χ0n) is 26.7. The van der Waals surface area contributed by atoms with Crippen LogP contribution in [0.1, 0.15) is 103 Å². The quantitative estimate of drug-likeness (QED) is 0.224. The van der Waals surface area contributed by atoms with Gasteiger partial charge in [-0.25, -0.2) is 9.13 Å². The van der Waals surface area contributed by atoms with Crippen molar-refractivity contribution in [3.05, 3.63) is 131 Å². The maximum absolute atomic E-state index is 6.24. The van der Waals surface area contributed by atoms with E-state index >= 15 is 0 Å². The van der Waals surface area contributed by atoms with Gasteiger partial charge in [0, 0.05) is 35.4 Å². The molecule has 7 unspecified atom stereocenters. The van der Waals surface area contributed by atoms with Crippen LogP contribution in [-0.2, 0) is 33.0 Å². The summed E-state index contributed by atoms with van der Waals surface area (Å²) in [5, 5.41) is 0. The third kappa shape index (κ3) is 5.22. The van der Waals surface area contributed by atoms with E-state index in [1.165, 1.54) is 22.3 Å². The molecule has 4 aromatic rings. The number of pyridine rings is 2. The molecule has 2 aliphatic heterocycles. The molecule has 0 N–H and O–H groups in total. The summed E-state index contributed by atoms with van der Waals surface area (Å²) in [5.41, 5.74) is 7.65. The van der Waals surface area contributed by atoms with Gasteiger partial charge in [-0.15, -0.1) is 0 Å². The predicted octanol–water partition coefficient (Wildman–Crippen LogP) is 6.57. The molecule has 0 bridgehead atoms. The maximum Gasteiger partial charge on any atom is 0.184 e. The lowest BCUT2D eigenvalue weighted by Crippen LogP contribution is -2.41. The number of nitrogens with zero attached hydrogens (tertiary/aromatic N) is 2. The Kier molecular flexibility index (Phi) is 7.57. The normalized spacial score (nSPS) is 33.8. The Labute approximate surface area is 266 Å². The van der Waals surface area contributed by atoms with Crippen molar-refractivity contribution in [1.82, 2.24) is 0 Å². The topological polar surface area (TPSA) is 44.7 Å². The van der Waals surface area contributed by atoms with Gasteiger partial charge >= 0.3 is 0 Å². The maximum atomic E-state index is 6.24. The fourth-order valence-electron chi connectivity index (χ4n) is 8.05. The number of aryl methyl sites for hydroxylation is 2. The summed E-state index contributed by atoms with van der Waals surface area (Å²) in [4.78, 5) is 0. The van der Waals surface area contributed by atoms with Crippen LogP contribution in [0.3, 0.4) is 0 Å². The van der Waals surface area contributed by atoms with Crippen molar-refractivity contribution in [2.75, 3.05) is 0 Å². The molecular formula is C39H44N2O4+2. The molecule has 2 aromatic carbocycles. The van der Waals surface area contributed by atoms with Crippen molar-refractivity contribution in [2.24, 2.45) is 14.1 Å². The summed E-state index contributed by atoms with van der Waals surface area (Å²) >= 11 is 0. The highest BCUT2D eigenvalue weighted by atomic mass is 16.7. The van der Waals surface area contributed by atoms with Crippen molar-refractivity contribution in [3.8, 4) is 0 Å². The van der Waals surface area contributed by atoms with Gasteiger partial charge in [0.05, 0.1) is 24.4 Å². The van der Waals surface area contributed by atoms with Gasteiger partial charge in [-0.1, -0.05) is 55.5 Å². The first-order chi connectivity index (χ1) is 22.0. The highest BCUT2D eigenvalue weighted by Crippen LogP contribution is 2.66.